The lowest BCUT2D eigenvalue weighted by Gasteiger charge is -2.15. The molecule has 2 rings (SSSR count). The third-order valence-electron chi connectivity index (χ3n) is 2.72. The highest BCUT2D eigenvalue weighted by atomic mass is 35.5. The Morgan fingerprint density at radius 1 is 1.23 bits per heavy atom. The molecule has 0 aliphatic rings. The molecule has 0 saturated heterocycles. The van der Waals surface area contributed by atoms with E-state index in [0.717, 1.165) is 11.3 Å². The van der Waals surface area contributed by atoms with Gasteiger partial charge in [0.2, 0.25) is 0 Å². The van der Waals surface area contributed by atoms with Crippen molar-refractivity contribution in [2.45, 2.75) is 4.90 Å². The summed E-state index contributed by atoms with van der Waals surface area (Å²) in [4.78, 5) is 13.4. The highest BCUT2D eigenvalue weighted by Crippen LogP contribution is 2.35. The van der Waals surface area contributed by atoms with Gasteiger partial charge in [0.25, 0.3) is 15.9 Å². The molecule has 0 unspecified atom stereocenters. The molecule has 1 N–H and O–H groups in total. The van der Waals surface area contributed by atoms with Crippen molar-refractivity contribution in [3.63, 3.8) is 0 Å². The molecule has 0 bridgehead atoms. The second kappa shape index (κ2) is 6.45. The minimum absolute atomic E-state index is 0.0638. The van der Waals surface area contributed by atoms with Crippen molar-refractivity contribution in [3.05, 3.63) is 44.6 Å². The number of nitrogens with one attached hydrogen (secondary N) is 1. The van der Waals surface area contributed by atoms with Gasteiger partial charge in [-0.05, 0) is 18.2 Å². The van der Waals surface area contributed by atoms with E-state index in [1.54, 1.807) is 32.3 Å². The molecule has 0 atom stereocenters. The predicted molar refractivity (Wildman–Crippen MR) is 89.6 cm³/mol. The highest BCUT2D eigenvalue weighted by Gasteiger charge is 2.23. The number of benzene rings is 1. The molecule has 1 heterocycles. The number of carbonyl (C=O) groups is 1. The van der Waals surface area contributed by atoms with Crippen LogP contribution in [0.4, 0.5) is 5.69 Å². The van der Waals surface area contributed by atoms with Crippen LogP contribution in [-0.2, 0) is 10.0 Å². The number of hydrogen-bond donors (Lipinski definition) is 1. The van der Waals surface area contributed by atoms with Gasteiger partial charge in [-0.3, -0.25) is 9.52 Å². The molecule has 0 saturated carbocycles. The van der Waals surface area contributed by atoms with E-state index in [2.05, 4.69) is 4.72 Å². The number of amides is 1. The predicted octanol–water partition coefficient (Wildman–Crippen LogP) is 3.56. The van der Waals surface area contributed by atoms with Crippen molar-refractivity contribution >= 4 is 56.2 Å². The van der Waals surface area contributed by atoms with Crippen LogP contribution in [0.3, 0.4) is 0 Å². The van der Waals surface area contributed by atoms with E-state index < -0.39 is 10.0 Å². The molecule has 2 aromatic rings. The zero-order valence-electron chi connectivity index (χ0n) is 11.6. The average Bonchev–Trinajstić information content (AvgIpc) is 2.78. The molecule has 22 heavy (non-hydrogen) atoms. The second-order valence-corrected chi connectivity index (χ2v) is 8.48. The first-order valence-corrected chi connectivity index (χ1v) is 9.06. The van der Waals surface area contributed by atoms with Gasteiger partial charge in [-0.25, -0.2) is 8.42 Å². The van der Waals surface area contributed by atoms with E-state index in [0.29, 0.717) is 0 Å². The number of halogens is 2. The van der Waals surface area contributed by atoms with Crippen molar-refractivity contribution in [1.82, 2.24) is 4.90 Å². The van der Waals surface area contributed by atoms with Crippen LogP contribution >= 0.6 is 34.5 Å². The first kappa shape index (κ1) is 17.1. The van der Waals surface area contributed by atoms with Gasteiger partial charge in [-0.2, -0.15) is 0 Å². The Morgan fingerprint density at radius 2 is 1.86 bits per heavy atom. The van der Waals surface area contributed by atoms with Crippen LogP contribution in [0.15, 0.2) is 35.2 Å². The molecular formula is C13H12Cl2N2O3S2. The van der Waals surface area contributed by atoms with Crippen molar-refractivity contribution in [2.24, 2.45) is 0 Å². The fraction of sp³-hybridized carbons (Fsp3) is 0.154. The average molecular weight is 379 g/mol. The summed E-state index contributed by atoms with van der Waals surface area (Å²) in [5.41, 5.74) is 0.424. The van der Waals surface area contributed by atoms with E-state index in [9.17, 15) is 13.2 Å². The lowest BCUT2D eigenvalue weighted by molar-refractivity contribution is 0.0828. The van der Waals surface area contributed by atoms with Crippen molar-refractivity contribution < 1.29 is 13.2 Å². The van der Waals surface area contributed by atoms with Crippen molar-refractivity contribution in [2.75, 3.05) is 18.8 Å². The van der Waals surface area contributed by atoms with Crippen LogP contribution in [0.2, 0.25) is 8.67 Å². The van der Waals surface area contributed by atoms with E-state index in [4.69, 9.17) is 23.2 Å². The zero-order chi connectivity index (χ0) is 16.5. The maximum absolute atomic E-state index is 12.4. The fourth-order valence-electron chi connectivity index (χ4n) is 1.71. The van der Waals surface area contributed by atoms with Gasteiger partial charge in [0.05, 0.1) is 15.6 Å². The Morgan fingerprint density at radius 3 is 2.41 bits per heavy atom. The molecule has 9 heteroatoms. The number of para-hydroxylation sites is 1. The summed E-state index contributed by atoms with van der Waals surface area (Å²) in [5, 5.41) is 0. The fourth-order valence-corrected chi connectivity index (χ4v) is 4.94. The van der Waals surface area contributed by atoms with Crippen LogP contribution < -0.4 is 4.72 Å². The largest absolute Gasteiger partial charge is 0.345 e. The summed E-state index contributed by atoms with van der Waals surface area (Å²) in [7, 11) is -0.759. The maximum Gasteiger partial charge on any atom is 0.264 e. The first-order chi connectivity index (χ1) is 10.2. The standard InChI is InChI=1S/C13H12Cl2N2O3S2/c1-17(2)13(18)8-5-3-4-6-9(8)16-22(19,20)10-7-11(14)21-12(10)15/h3-7,16H,1-2H3. The van der Waals surface area contributed by atoms with Gasteiger partial charge in [0, 0.05) is 14.1 Å². The SMILES string of the molecule is CN(C)C(=O)c1ccccc1NS(=O)(=O)c1cc(Cl)sc1Cl. The van der Waals surface area contributed by atoms with Crippen LogP contribution in [-0.4, -0.2) is 33.3 Å². The van der Waals surface area contributed by atoms with Crippen LogP contribution in [0.1, 0.15) is 10.4 Å². The third kappa shape index (κ3) is 3.55. The first-order valence-electron chi connectivity index (χ1n) is 6.00. The lowest BCUT2D eigenvalue weighted by atomic mass is 10.1. The highest BCUT2D eigenvalue weighted by molar-refractivity contribution is 7.93. The number of rotatable bonds is 4. The second-order valence-electron chi connectivity index (χ2n) is 4.54. The topological polar surface area (TPSA) is 66.5 Å². The Balaban J connectivity index is 2.43. The molecule has 118 valence electrons. The van der Waals surface area contributed by atoms with E-state index in [1.165, 1.54) is 17.0 Å². The van der Waals surface area contributed by atoms with Gasteiger partial charge < -0.3 is 4.90 Å². The zero-order valence-corrected chi connectivity index (χ0v) is 14.8. The molecule has 0 spiro atoms. The van der Waals surface area contributed by atoms with Gasteiger partial charge in [-0.1, -0.05) is 35.3 Å². The molecule has 0 aliphatic heterocycles. The normalized spacial score (nSPS) is 11.3. The van der Waals surface area contributed by atoms with Crippen LogP contribution in [0, 0.1) is 0 Å². The minimum Gasteiger partial charge on any atom is -0.345 e. The molecule has 0 aliphatic carbocycles. The lowest BCUT2D eigenvalue weighted by Crippen LogP contribution is -2.24. The van der Waals surface area contributed by atoms with Gasteiger partial charge >= 0.3 is 0 Å². The van der Waals surface area contributed by atoms with E-state index in [1.807, 2.05) is 0 Å². The Labute approximate surface area is 142 Å². The molecule has 1 aromatic heterocycles. The Bertz CT molecular complexity index is 816. The number of thiophene rings is 1. The summed E-state index contributed by atoms with van der Waals surface area (Å²) in [5.74, 6) is -0.312. The number of hydrogen-bond acceptors (Lipinski definition) is 4. The number of nitrogens with zero attached hydrogens (tertiary/aromatic N) is 1. The number of carbonyl (C=O) groups excluding carboxylic acids is 1. The summed E-state index contributed by atoms with van der Waals surface area (Å²) in [6.07, 6.45) is 0. The van der Waals surface area contributed by atoms with Gasteiger partial charge in [0.15, 0.2) is 0 Å². The monoisotopic (exact) mass is 378 g/mol. The molecule has 5 nitrogen and oxygen atoms in total. The number of anilines is 1. The minimum atomic E-state index is -3.93. The Hall–Kier alpha value is -1.28. The summed E-state index contributed by atoms with van der Waals surface area (Å²) in [6, 6.07) is 7.61. The molecular weight excluding hydrogens is 367 g/mol. The number of sulfonamides is 1. The summed E-state index contributed by atoms with van der Waals surface area (Å²) < 4.78 is 27.5. The van der Waals surface area contributed by atoms with E-state index >= 15 is 0 Å². The molecule has 1 aromatic carbocycles. The van der Waals surface area contributed by atoms with Crippen LogP contribution in [0.5, 0.6) is 0 Å². The van der Waals surface area contributed by atoms with Gasteiger partial charge in [-0.15, -0.1) is 11.3 Å². The smallest absolute Gasteiger partial charge is 0.264 e. The van der Waals surface area contributed by atoms with E-state index in [-0.39, 0.29) is 30.7 Å². The van der Waals surface area contributed by atoms with Crippen LogP contribution in [0.25, 0.3) is 0 Å². The summed E-state index contributed by atoms with van der Waals surface area (Å²) >= 11 is 12.6. The third-order valence-corrected chi connectivity index (χ3v) is 5.84. The maximum atomic E-state index is 12.4. The molecule has 0 fully saturated rings. The molecule has 0 radical (unpaired) electrons. The summed E-state index contributed by atoms with van der Waals surface area (Å²) in [6.45, 7) is 0. The molecule has 1 amide bonds. The van der Waals surface area contributed by atoms with Crippen molar-refractivity contribution in [1.29, 1.82) is 0 Å². The quantitative estimate of drug-likeness (QED) is 0.884. The Kier molecular flexibility index (Phi) is 5.01. The van der Waals surface area contributed by atoms with Gasteiger partial charge in [0.1, 0.15) is 9.23 Å². The van der Waals surface area contributed by atoms with Crippen molar-refractivity contribution in [3.8, 4) is 0 Å².